The van der Waals surface area contributed by atoms with Crippen molar-refractivity contribution in [2.45, 2.75) is 32.2 Å². The largest absolute Gasteiger partial charge is 0.508 e. The van der Waals surface area contributed by atoms with Crippen molar-refractivity contribution in [2.24, 2.45) is 11.8 Å². The number of nitrogens with zero attached hydrogens (tertiary/aromatic N) is 2. The van der Waals surface area contributed by atoms with Gasteiger partial charge in [-0.05, 0) is 54.8 Å². The Morgan fingerprint density at radius 2 is 1.38 bits per heavy atom. The summed E-state index contributed by atoms with van der Waals surface area (Å²) in [5.74, 6) is -3.12. The van der Waals surface area contributed by atoms with E-state index in [9.17, 15) is 29.0 Å². The van der Waals surface area contributed by atoms with Crippen molar-refractivity contribution in [1.82, 2.24) is 9.80 Å². The molecule has 7 nitrogen and oxygen atoms in total. The Balaban J connectivity index is 1.63. The van der Waals surface area contributed by atoms with Crippen molar-refractivity contribution >= 4 is 17.5 Å². The minimum Gasteiger partial charge on any atom is -0.508 e. The molecule has 0 saturated carbocycles. The summed E-state index contributed by atoms with van der Waals surface area (Å²) >= 11 is 0. The normalized spacial score (nSPS) is 21.9. The van der Waals surface area contributed by atoms with Crippen LogP contribution in [0.25, 0.3) is 0 Å². The van der Waals surface area contributed by atoms with Crippen LogP contribution in [0.2, 0.25) is 0 Å². The number of carbonyl (C=O) groups is 3. The zero-order chi connectivity index (χ0) is 28.6. The quantitative estimate of drug-likeness (QED) is 0.442. The highest BCUT2D eigenvalue weighted by atomic mass is 19.1. The number of piperidine rings is 1. The fraction of sp³-hybridized carbons (Fsp3) is 0.344. The van der Waals surface area contributed by atoms with Gasteiger partial charge in [0.1, 0.15) is 17.3 Å². The number of hydrogen-bond donors (Lipinski definition) is 2. The van der Waals surface area contributed by atoms with Crippen molar-refractivity contribution < 1.29 is 29.0 Å². The lowest BCUT2D eigenvalue weighted by molar-refractivity contribution is -0.128. The molecule has 0 aromatic heterocycles. The number of phenolic OH excluding ortho intramolecular Hbond substituents is 2. The summed E-state index contributed by atoms with van der Waals surface area (Å²) in [6.07, 6.45) is 0.712. The highest BCUT2D eigenvalue weighted by molar-refractivity contribution is 6.02. The summed E-state index contributed by atoms with van der Waals surface area (Å²) in [6, 6.07) is 17.0. The van der Waals surface area contributed by atoms with Crippen LogP contribution in [0.1, 0.15) is 51.1 Å². The number of halogens is 1. The topological polar surface area (TPSA) is 98.2 Å². The van der Waals surface area contributed by atoms with Gasteiger partial charge in [0.15, 0.2) is 11.6 Å². The average molecular weight is 545 g/mol. The molecule has 0 spiro atoms. The van der Waals surface area contributed by atoms with Gasteiger partial charge >= 0.3 is 0 Å². The predicted octanol–water partition coefficient (Wildman–Crippen LogP) is 4.56. The second-order valence-corrected chi connectivity index (χ2v) is 10.9. The maximum atomic E-state index is 14.9. The molecule has 3 aromatic carbocycles. The SMILES string of the molecule is CC(=O)N1CCC(N2C[C@H](C(=O)c3cccc(O)c3)C(c3cccc(F)c3C)[C@@H](C(=O)c3cccc(O)c3)C2)C1. The molecule has 2 N–H and O–H groups in total. The number of phenols is 2. The molecule has 8 heteroatoms. The summed E-state index contributed by atoms with van der Waals surface area (Å²) in [5, 5.41) is 20.2. The summed E-state index contributed by atoms with van der Waals surface area (Å²) in [6.45, 7) is 4.91. The van der Waals surface area contributed by atoms with E-state index >= 15 is 0 Å². The van der Waals surface area contributed by atoms with Crippen LogP contribution in [0.4, 0.5) is 4.39 Å². The molecule has 5 rings (SSSR count). The van der Waals surface area contributed by atoms with E-state index in [1.807, 2.05) is 0 Å². The zero-order valence-electron chi connectivity index (χ0n) is 22.6. The van der Waals surface area contributed by atoms with Crippen LogP contribution in [-0.2, 0) is 4.79 Å². The van der Waals surface area contributed by atoms with Crippen LogP contribution in [0.5, 0.6) is 11.5 Å². The molecule has 2 saturated heterocycles. The first kappa shape index (κ1) is 27.5. The Morgan fingerprint density at radius 3 is 1.88 bits per heavy atom. The number of benzene rings is 3. The van der Waals surface area contributed by atoms with E-state index in [2.05, 4.69) is 4.90 Å². The third-order valence-electron chi connectivity index (χ3n) is 8.46. The number of carbonyl (C=O) groups excluding carboxylic acids is 3. The van der Waals surface area contributed by atoms with E-state index in [4.69, 9.17) is 0 Å². The number of ketones is 2. The van der Waals surface area contributed by atoms with Gasteiger partial charge in [0, 0.05) is 68.0 Å². The molecule has 2 aliphatic heterocycles. The molecule has 2 heterocycles. The Bertz CT molecular complexity index is 1390. The molecular weight excluding hydrogens is 511 g/mol. The molecule has 2 aliphatic rings. The van der Waals surface area contributed by atoms with Crippen LogP contribution >= 0.6 is 0 Å². The van der Waals surface area contributed by atoms with Crippen LogP contribution in [-0.4, -0.2) is 69.7 Å². The molecule has 0 radical (unpaired) electrons. The van der Waals surface area contributed by atoms with Gasteiger partial charge in [-0.2, -0.15) is 0 Å². The van der Waals surface area contributed by atoms with Crippen LogP contribution in [0.15, 0.2) is 66.7 Å². The Labute approximate surface area is 232 Å². The molecule has 1 amide bonds. The highest BCUT2D eigenvalue weighted by Crippen LogP contribution is 2.43. The van der Waals surface area contributed by atoms with Gasteiger partial charge < -0.3 is 15.1 Å². The van der Waals surface area contributed by atoms with E-state index in [0.717, 1.165) is 0 Å². The predicted molar refractivity (Wildman–Crippen MR) is 148 cm³/mol. The lowest BCUT2D eigenvalue weighted by atomic mass is 9.67. The molecule has 2 fully saturated rings. The Hall–Kier alpha value is -4.04. The molecule has 0 bridgehead atoms. The second kappa shape index (κ2) is 11.2. The van der Waals surface area contributed by atoms with E-state index in [1.54, 1.807) is 48.2 Å². The van der Waals surface area contributed by atoms with Gasteiger partial charge in [-0.3, -0.25) is 19.3 Å². The Kier molecular flexibility index (Phi) is 7.72. The van der Waals surface area contributed by atoms with E-state index in [-0.39, 0.29) is 35.0 Å². The molecular formula is C32H33FN2O5. The number of Topliss-reactive ketones (excluding diaryl/α,β-unsaturated/α-hetero) is 2. The van der Waals surface area contributed by atoms with Crippen molar-refractivity contribution in [1.29, 1.82) is 0 Å². The first-order valence-corrected chi connectivity index (χ1v) is 13.5. The number of aromatic hydroxyl groups is 2. The van der Waals surface area contributed by atoms with Crippen molar-refractivity contribution in [3.63, 3.8) is 0 Å². The summed E-state index contributed by atoms with van der Waals surface area (Å²) < 4.78 is 14.9. The van der Waals surface area contributed by atoms with Gasteiger partial charge in [-0.1, -0.05) is 36.4 Å². The second-order valence-electron chi connectivity index (χ2n) is 10.9. The van der Waals surface area contributed by atoms with Crippen molar-refractivity contribution in [2.75, 3.05) is 26.2 Å². The first-order chi connectivity index (χ1) is 19.1. The molecule has 1 unspecified atom stereocenters. The van der Waals surface area contributed by atoms with Gasteiger partial charge in [0.25, 0.3) is 0 Å². The monoisotopic (exact) mass is 544 g/mol. The molecule has 3 atom stereocenters. The van der Waals surface area contributed by atoms with Crippen molar-refractivity contribution in [3.8, 4) is 11.5 Å². The van der Waals surface area contributed by atoms with E-state index < -0.39 is 23.6 Å². The number of amides is 1. The van der Waals surface area contributed by atoms with Crippen LogP contribution in [0.3, 0.4) is 0 Å². The van der Waals surface area contributed by atoms with Crippen LogP contribution in [0, 0.1) is 24.6 Å². The maximum absolute atomic E-state index is 14.9. The smallest absolute Gasteiger partial charge is 0.219 e. The van der Waals surface area contributed by atoms with Crippen molar-refractivity contribution in [3.05, 3.63) is 94.8 Å². The maximum Gasteiger partial charge on any atom is 0.219 e. The molecule has 40 heavy (non-hydrogen) atoms. The van der Waals surface area contributed by atoms with Gasteiger partial charge in [0.2, 0.25) is 5.91 Å². The minimum atomic E-state index is -0.728. The molecule has 208 valence electrons. The standard InChI is InChI=1S/C32H33FN2O5/c1-19-26(10-5-11-29(19)33)30-27(31(39)21-6-3-8-24(37)14-21)17-35(23-12-13-34(16-23)20(2)36)18-28(30)32(40)22-7-4-9-25(38)15-22/h3-11,14-15,23,27-28,30,37-38H,12-13,16-18H2,1-2H3/t23?,27-,28-/m0/s1. The number of likely N-dealkylation sites (tertiary alicyclic amines) is 2. The third-order valence-corrected chi connectivity index (χ3v) is 8.46. The zero-order valence-corrected chi connectivity index (χ0v) is 22.6. The van der Waals surface area contributed by atoms with Gasteiger partial charge in [0.05, 0.1) is 0 Å². The summed E-state index contributed by atoms with van der Waals surface area (Å²) in [7, 11) is 0. The minimum absolute atomic E-state index is 0.0208. The number of rotatable bonds is 6. The van der Waals surface area contributed by atoms with E-state index in [1.165, 1.54) is 37.3 Å². The average Bonchev–Trinajstić information content (AvgIpc) is 3.44. The fourth-order valence-electron chi connectivity index (χ4n) is 6.37. The lowest BCUT2D eigenvalue weighted by Crippen LogP contribution is -2.54. The molecule has 3 aromatic rings. The summed E-state index contributed by atoms with van der Waals surface area (Å²) in [5.41, 5.74) is 1.60. The number of hydrogen-bond acceptors (Lipinski definition) is 6. The third kappa shape index (κ3) is 5.36. The van der Waals surface area contributed by atoms with Gasteiger partial charge in [-0.25, -0.2) is 4.39 Å². The summed E-state index contributed by atoms with van der Waals surface area (Å²) in [4.78, 5) is 44.3. The van der Waals surface area contributed by atoms with Gasteiger partial charge in [-0.15, -0.1) is 0 Å². The fourth-order valence-corrected chi connectivity index (χ4v) is 6.37. The van der Waals surface area contributed by atoms with Crippen LogP contribution < -0.4 is 0 Å². The molecule has 0 aliphatic carbocycles. The first-order valence-electron chi connectivity index (χ1n) is 13.5. The lowest BCUT2D eigenvalue weighted by Gasteiger charge is -2.45. The van der Waals surface area contributed by atoms with E-state index in [0.29, 0.717) is 54.9 Å². The highest BCUT2D eigenvalue weighted by Gasteiger charge is 2.47. The Morgan fingerprint density at radius 1 is 0.825 bits per heavy atom.